The molecule has 2 N–H and O–H groups in total. The zero-order valence-corrected chi connectivity index (χ0v) is 10.0. The van der Waals surface area contributed by atoms with E-state index in [4.69, 9.17) is 0 Å². The Balaban J connectivity index is 2.77. The van der Waals surface area contributed by atoms with E-state index >= 15 is 0 Å². The van der Waals surface area contributed by atoms with Crippen molar-refractivity contribution in [2.45, 2.75) is 13.3 Å². The molecular formula is C12H16N4O. The fourth-order valence-corrected chi connectivity index (χ4v) is 1.20. The van der Waals surface area contributed by atoms with Crippen LogP contribution in [0.25, 0.3) is 0 Å². The van der Waals surface area contributed by atoms with Crippen LogP contribution < -0.4 is 5.32 Å². The predicted molar refractivity (Wildman–Crippen MR) is 66.6 cm³/mol. The van der Waals surface area contributed by atoms with Crippen LogP contribution in [-0.2, 0) is 6.42 Å². The van der Waals surface area contributed by atoms with E-state index in [0.29, 0.717) is 12.2 Å². The highest BCUT2D eigenvalue weighted by Gasteiger charge is 2.10. The summed E-state index contributed by atoms with van der Waals surface area (Å²) in [6.07, 6.45) is 8.11. The van der Waals surface area contributed by atoms with Crippen molar-refractivity contribution in [3.8, 4) is 0 Å². The molecule has 1 aromatic rings. The van der Waals surface area contributed by atoms with Crippen LogP contribution in [0.5, 0.6) is 0 Å². The molecule has 1 aromatic heterocycles. The van der Waals surface area contributed by atoms with Crippen molar-refractivity contribution < 1.29 is 4.79 Å². The molecule has 1 amide bonds. The minimum Gasteiger partial charge on any atom is -0.352 e. The van der Waals surface area contributed by atoms with E-state index in [9.17, 15) is 4.79 Å². The highest BCUT2D eigenvalue weighted by Crippen LogP contribution is 2.05. The van der Waals surface area contributed by atoms with Crippen LogP contribution in [0.2, 0.25) is 0 Å². The number of aromatic amines is 1. The van der Waals surface area contributed by atoms with Crippen LogP contribution in [0.15, 0.2) is 36.5 Å². The number of nitrogens with zero attached hydrogens (tertiary/aromatic N) is 2. The maximum absolute atomic E-state index is 11.3. The maximum Gasteiger partial charge on any atom is 0.290 e. The number of carbonyl (C=O) groups is 1. The Hall–Kier alpha value is -2.17. The van der Waals surface area contributed by atoms with Gasteiger partial charge in [0.1, 0.15) is 5.82 Å². The van der Waals surface area contributed by atoms with Crippen molar-refractivity contribution in [1.82, 2.24) is 20.5 Å². The fraction of sp³-hybridized carbons (Fsp3) is 0.250. The number of hydrogen-bond acceptors (Lipinski definition) is 3. The van der Waals surface area contributed by atoms with Gasteiger partial charge in [0.2, 0.25) is 5.82 Å². The Labute approximate surface area is 100 Å². The number of aromatic nitrogens is 3. The molecule has 90 valence electrons. The van der Waals surface area contributed by atoms with Gasteiger partial charge in [-0.3, -0.25) is 9.89 Å². The second kappa shape index (κ2) is 6.42. The second-order valence-corrected chi connectivity index (χ2v) is 3.33. The quantitative estimate of drug-likeness (QED) is 0.754. The first-order chi connectivity index (χ1) is 8.21. The van der Waals surface area contributed by atoms with Gasteiger partial charge in [0, 0.05) is 13.5 Å². The first-order valence-electron chi connectivity index (χ1n) is 5.29. The van der Waals surface area contributed by atoms with E-state index in [1.54, 1.807) is 13.1 Å². The van der Waals surface area contributed by atoms with Gasteiger partial charge in [0.05, 0.1) is 0 Å². The molecule has 5 heteroatoms. The van der Waals surface area contributed by atoms with Gasteiger partial charge >= 0.3 is 0 Å². The molecular weight excluding hydrogens is 216 g/mol. The first kappa shape index (κ1) is 12.9. The van der Waals surface area contributed by atoms with E-state index in [1.807, 2.05) is 25.2 Å². The van der Waals surface area contributed by atoms with Crippen molar-refractivity contribution >= 4 is 5.91 Å². The SMILES string of the molecule is C=C/C(=C\C=C/C)Cc1nc(C(=O)NC)n[nH]1. The van der Waals surface area contributed by atoms with Crippen molar-refractivity contribution in [2.24, 2.45) is 0 Å². The molecule has 0 saturated carbocycles. The number of H-pyrrole nitrogens is 1. The van der Waals surface area contributed by atoms with Crippen LogP contribution in [0, 0.1) is 0 Å². The third-order valence-electron chi connectivity index (χ3n) is 2.10. The molecule has 0 atom stereocenters. The number of amides is 1. The minimum atomic E-state index is -0.301. The lowest BCUT2D eigenvalue weighted by molar-refractivity contribution is 0.0953. The lowest BCUT2D eigenvalue weighted by atomic mass is 10.1. The lowest BCUT2D eigenvalue weighted by Gasteiger charge is -1.96. The molecule has 0 saturated heterocycles. The fourth-order valence-electron chi connectivity index (χ4n) is 1.20. The normalized spacial score (nSPS) is 11.8. The molecule has 0 fully saturated rings. The van der Waals surface area contributed by atoms with Crippen LogP contribution in [0.3, 0.4) is 0 Å². The van der Waals surface area contributed by atoms with Gasteiger partial charge in [-0.05, 0) is 12.5 Å². The largest absolute Gasteiger partial charge is 0.352 e. The van der Waals surface area contributed by atoms with Crippen molar-refractivity contribution in [3.63, 3.8) is 0 Å². The summed E-state index contributed by atoms with van der Waals surface area (Å²) in [5.41, 5.74) is 1.00. The average Bonchev–Trinajstić information content (AvgIpc) is 2.81. The summed E-state index contributed by atoms with van der Waals surface area (Å²) in [6.45, 7) is 5.66. The average molecular weight is 232 g/mol. The van der Waals surface area contributed by atoms with Gasteiger partial charge in [0.25, 0.3) is 5.91 Å². The van der Waals surface area contributed by atoms with E-state index < -0.39 is 0 Å². The Morgan fingerprint density at radius 3 is 2.94 bits per heavy atom. The number of hydrogen-bond donors (Lipinski definition) is 2. The Kier molecular flexibility index (Phi) is 4.87. The third kappa shape index (κ3) is 3.71. The Bertz CT molecular complexity index is 457. The van der Waals surface area contributed by atoms with E-state index in [1.165, 1.54) is 0 Å². The molecule has 0 spiro atoms. The number of carbonyl (C=O) groups excluding carboxylic acids is 1. The van der Waals surface area contributed by atoms with Crippen molar-refractivity contribution in [1.29, 1.82) is 0 Å². The number of allylic oxidation sites excluding steroid dienone is 5. The number of rotatable bonds is 5. The first-order valence-corrected chi connectivity index (χ1v) is 5.29. The smallest absolute Gasteiger partial charge is 0.290 e. The third-order valence-corrected chi connectivity index (χ3v) is 2.10. The lowest BCUT2D eigenvalue weighted by Crippen LogP contribution is -2.19. The summed E-state index contributed by atoms with van der Waals surface area (Å²) < 4.78 is 0. The zero-order valence-electron chi connectivity index (χ0n) is 10.0. The molecule has 0 aliphatic rings. The molecule has 0 unspecified atom stereocenters. The molecule has 0 bridgehead atoms. The minimum absolute atomic E-state index is 0.150. The zero-order chi connectivity index (χ0) is 12.7. The summed E-state index contributed by atoms with van der Waals surface area (Å²) in [5.74, 6) is 0.487. The van der Waals surface area contributed by atoms with Crippen LogP contribution in [0.4, 0.5) is 0 Å². The summed E-state index contributed by atoms with van der Waals surface area (Å²) >= 11 is 0. The van der Waals surface area contributed by atoms with Crippen molar-refractivity contribution in [2.75, 3.05) is 7.05 Å². The van der Waals surface area contributed by atoms with Gasteiger partial charge in [-0.2, -0.15) is 0 Å². The topological polar surface area (TPSA) is 70.7 Å². The number of nitrogens with one attached hydrogen (secondary N) is 2. The molecule has 5 nitrogen and oxygen atoms in total. The van der Waals surface area contributed by atoms with Gasteiger partial charge in [-0.1, -0.05) is 30.9 Å². The van der Waals surface area contributed by atoms with E-state index in [2.05, 4.69) is 27.1 Å². The summed E-state index contributed by atoms with van der Waals surface area (Å²) in [6, 6.07) is 0. The van der Waals surface area contributed by atoms with Crippen LogP contribution >= 0.6 is 0 Å². The standard InChI is InChI=1S/C12H16N4O/c1-4-6-7-9(5-2)8-10-14-11(16-15-10)12(17)13-3/h4-7H,2,8H2,1,3H3,(H,13,17)(H,14,15,16)/b6-4-,9-7+. The van der Waals surface area contributed by atoms with Gasteiger partial charge in [0.15, 0.2) is 0 Å². The monoisotopic (exact) mass is 232 g/mol. The summed E-state index contributed by atoms with van der Waals surface area (Å²) in [5, 5.41) is 9.02. The Morgan fingerprint density at radius 2 is 2.35 bits per heavy atom. The highest BCUT2D eigenvalue weighted by molar-refractivity contribution is 5.89. The highest BCUT2D eigenvalue weighted by atomic mass is 16.2. The maximum atomic E-state index is 11.3. The second-order valence-electron chi connectivity index (χ2n) is 3.33. The Morgan fingerprint density at radius 1 is 1.59 bits per heavy atom. The predicted octanol–water partition coefficient (Wildman–Crippen LogP) is 1.40. The molecule has 0 aliphatic carbocycles. The molecule has 0 aliphatic heterocycles. The van der Waals surface area contributed by atoms with Gasteiger partial charge in [-0.25, -0.2) is 4.98 Å². The van der Waals surface area contributed by atoms with Crippen molar-refractivity contribution in [3.05, 3.63) is 48.1 Å². The molecule has 1 rings (SSSR count). The molecule has 0 aromatic carbocycles. The molecule has 17 heavy (non-hydrogen) atoms. The summed E-state index contributed by atoms with van der Waals surface area (Å²) in [7, 11) is 1.54. The van der Waals surface area contributed by atoms with Gasteiger partial charge < -0.3 is 5.32 Å². The van der Waals surface area contributed by atoms with Crippen LogP contribution in [0.1, 0.15) is 23.4 Å². The summed E-state index contributed by atoms with van der Waals surface area (Å²) in [4.78, 5) is 15.3. The van der Waals surface area contributed by atoms with E-state index in [-0.39, 0.29) is 11.7 Å². The molecule has 1 heterocycles. The molecule has 0 radical (unpaired) electrons. The van der Waals surface area contributed by atoms with E-state index in [0.717, 1.165) is 5.57 Å². The van der Waals surface area contributed by atoms with Gasteiger partial charge in [-0.15, -0.1) is 5.10 Å². The van der Waals surface area contributed by atoms with Crippen LogP contribution in [-0.4, -0.2) is 28.1 Å².